The van der Waals surface area contributed by atoms with Crippen LogP contribution in [0, 0.1) is 12.7 Å². The normalized spacial score (nSPS) is 11.0. The lowest BCUT2D eigenvalue weighted by Gasteiger charge is -2.07. The minimum atomic E-state index is -0.480. The summed E-state index contributed by atoms with van der Waals surface area (Å²) in [7, 11) is 0. The molecular formula is C18H15FN6O. The van der Waals surface area contributed by atoms with Gasteiger partial charge in [0.15, 0.2) is 11.6 Å². The highest BCUT2D eigenvalue weighted by atomic mass is 19.1. The van der Waals surface area contributed by atoms with Gasteiger partial charge in [-0.05, 0) is 31.2 Å². The van der Waals surface area contributed by atoms with Gasteiger partial charge in [-0.25, -0.2) is 4.39 Å². The molecule has 2 aromatic heterocycles. The summed E-state index contributed by atoms with van der Waals surface area (Å²) in [6.45, 7) is 1.74. The third kappa shape index (κ3) is 2.57. The molecule has 0 unspecified atom stereocenters. The van der Waals surface area contributed by atoms with Gasteiger partial charge in [0.2, 0.25) is 5.88 Å². The Bertz CT molecular complexity index is 1100. The van der Waals surface area contributed by atoms with Crippen LogP contribution in [0.4, 0.5) is 16.0 Å². The Hall–Kier alpha value is -3.68. The summed E-state index contributed by atoms with van der Waals surface area (Å²) in [5, 5.41) is 5.08. The van der Waals surface area contributed by atoms with Crippen molar-refractivity contribution in [3.05, 3.63) is 59.9 Å². The van der Waals surface area contributed by atoms with Crippen molar-refractivity contribution >= 4 is 22.5 Å². The first-order valence-corrected chi connectivity index (χ1v) is 7.84. The van der Waals surface area contributed by atoms with Crippen LogP contribution >= 0.6 is 0 Å². The van der Waals surface area contributed by atoms with Gasteiger partial charge >= 0.3 is 0 Å². The van der Waals surface area contributed by atoms with Crippen LogP contribution in [0.2, 0.25) is 0 Å². The van der Waals surface area contributed by atoms with E-state index < -0.39 is 5.82 Å². The smallest absolute Gasteiger partial charge is 0.255 e. The molecule has 0 spiro atoms. The van der Waals surface area contributed by atoms with Gasteiger partial charge in [0.05, 0.1) is 10.9 Å². The molecule has 0 fully saturated rings. The van der Waals surface area contributed by atoms with Crippen LogP contribution in [0.1, 0.15) is 5.56 Å². The quantitative estimate of drug-likeness (QED) is 0.588. The van der Waals surface area contributed by atoms with E-state index in [2.05, 4.69) is 15.1 Å². The molecule has 2 heterocycles. The number of hydrogen-bond donors (Lipinski definition) is 2. The van der Waals surface area contributed by atoms with E-state index >= 15 is 0 Å². The first-order chi connectivity index (χ1) is 12.5. The predicted molar refractivity (Wildman–Crippen MR) is 96.7 cm³/mol. The average molecular weight is 350 g/mol. The molecule has 26 heavy (non-hydrogen) atoms. The Morgan fingerprint density at radius 1 is 0.962 bits per heavy atom. The number of benzene rings is 2. The Labute approximate surface area is 148 Å². The first-order valence-electron chi connectivity index (χ1n) is 7.84. The molecule has 8 heteroatoms. The van der Waals surface area contributed by atoms with E-state index in [-0.39, 0.29) is 29.2 Å². The van der Waals surface area contributed by atoms with Crippen molar-refractivity contribution < 1.29 is 9.13 Å². The van der Waals surface area contributed by atoms with Gasteiger partial charge in [-0.15, -0.1) is 5.10 Å². The van der Waals surface area contributed by atoms with Gasteiger partial charge in [-0.1, -0.05) is 24.3 Å². The first kappa shape index (κ1) is 15.8. The molecule has 0 saturated carbocycles. The number of halogens is 1. The lowest BCUT2D eigenvalue weighted by atomic mass is 10.2. The molecule has 0 bridgehead atoms. The summed E-state index contributed by atoms with van der Waals surface area (Å²) in [4.78, 5) is 8.50. The number of fused-ring (bicyclic) bond motifs is 1. The highest BCUT2D eigenvalue weighted by Gasteiger charge is 2.17. The molecule has 4 aromatic rings. The maximum absolute atomic E-state index is 13.9. The topological polar surface area (TPSA) is 105 Å². The number of nitrogens with zero attached hydrogens (tertiary/aromatic N) is 4. The Morgan fingerprint density at radius 2 is 1.62 bits per heavy atom. The van der Waals surface area contributed by atoms with Crippen LogP contribution in [-0.4, -0.2) is 19.7 Å². The molecule has 0 aliphatic carbocycles. The van der Waals surface area contributed by atoms with Gasteiger partial charge in [0.25, 0.3) is 5.95 Å². The summed E-state index contributed by atoms with van der Waals surface area (Å²) in [5.74, 6) is 0.572. The number of rotatable bonds is 3. The second-order valence-corrected chi connectivity index (χ2v) is 5.69. The molecule has 130 valence electrons. The van der Waals surface area contributed by atoms with Crippen LogP contribution in [0.5, 0.6) is 11.6 Å². The van der Waals surface area contributed by atoms with E-state index in [1.807, 2.05) is 24.3 Å². The van der Waals surface area contributed by atoms with Crippen molar-refractivity contribution in [3.8, 4) is 17.6 Å². The molecular weight excluding hydrogens is 335 g/mol. The summed E-state index contributed by atoms with van der Waals surface area (Å²) in [6, 6.07) is 13.4. The van der Waals surface area contributed by atoms with Gasteiger partial charge in [-0.3, -0.25) is 0 Å². The zero-order valence-electron chi connectivity index (χ0n) is 13.8. The minimum absolute atomic E-state index is 0.0757. The van der Waals surface area contributed by atoms with E-state index in [0.29, 0.717) is 16.5 Å². The number of nitrogen functional groups attached to an aromatic ring is 2. The Balaban J connectivity index is 1.89. The van der Waals surface area contributed by atoms with E-state index in [1.165, 1.54) is 16.8 Å². The van der Waals surface area contributed by atoms with Gasteiger partial charge < -0.3 is 16.2 Å². The zero-order chi connectivity index (χ0) is 18.3. The fraction of sp³-hybridized carbons (Fsp3) is 0.0556. The summed E-state index contributed by atoms with van der Waals surface area (Å²) >= 11 is 0. The standard InChI is InChI=1S/C18H15FN6O/c1-10-15(20)22-18(23-16(10)21)25-13-8-4-2-6-11(13)17(24-25)26-14-9-5-3-7-12(14)19/h2-9H,1H3,(H4,20,21,22,23). The number of hydrogen-bond acceptors (Lipinski definition) is 6. The second kappa shape index (κ2) is 5.99. The third-order valence-electron chi connectivity index (χ3n) is 4.00. The minimum Gasteiger partial charge on any atom is -0.434 e. The van der Waals surface area contributed by atoms with Crippen LogP contribution in [0.25, 0.3) is 16.9 Å². The predicted octanol–water partition coefficient (Wildman–Crippen LogP) is 3.22. The highest BCUT2D eigenvalue weighted by Crippen LogP contribution is 2.31. The van der Waals surface area contributed by atoms with E-state index in [9.17, 15) is 4.39 Å². The maximum atomic E-state index is 13.9. The van der Waals surface area contributed by atoms with E-state index in [4.69, 9.17) is 16.2 Å². The third-order valence-corrected chi connectivity index (χ3v) is 4.00. The number of ether oxygens (including phenoxy) is 1. The van der Waals surface area contributed by atoms with Crippen LogP contribution in [0.3, 0.4) is 0 Å². The molecule has 0 saturated heterocycles. The van der Waals surface area contributed by atoms with Crippen molar-refractivity contribution in [3.63, 3.8) is 0 Å². The SMILES string of the molecule is Cc1c(N)nc(-n2nc(Oc3ccccc3F)c3ccccc32)nc1N. The molecule has 0 amide bonds. The molecule has 0 aliphatic rings. The number of para-hydroxylation sites is 2. The summed E-state index contributed by atoms with van der Waals surface area (Å²) in [5.41, 5.74) is 13.1. The van der Waals surface area contributed by atoms with Gasteiger partial charge in [0.1, 0.15) is 11.6 Å². The van der Waals surface area contributed by atoms with Crippen molar-refractivity contribution in [2.45, 2.75) is 6.92 Å². The van der Waals surface area contributed by atoms with Crippen molar-refractivity contribution in [1.29, 1.82) is 0 Å². The largest absolute Gasteiger partial charge is 0.434 e. The summed E-state index contributed by atoms with van der Waals surface area (Å²) in [6.07, 6.45) is 0. The highest BCUT2D eigenvalue weighted by molar-refractivity contribution is 5.86. The molecule has 0 aliphatic heterocycles. The van der Waals surface area contributed by atoms with E-state index in [0.717, 1.165) is 0 Å². The van der Waals surface area contributed by atoms with Crippen LogP contribution < -0.4 is 16.2 Å². The van der Waals surface area contributed by atoms with Crippen molar-refractivity contribution in [1.82, 2.24) is 19.7 Å². The average Bonchev–Trinajstić information content (AvgIpc) is 3.00. The van der Waals surface area contributed by atoms with Gasteiger partial charge in [-0.2, -0.15) is 14.6 Å². The molecule has 2 aromatic carbocycles. The molecule has 4 rings (SSSR count). The number of nitrogens with two attached hydrogens (primary N) is 2. The summed E-state index contributed by atoms with van der Waals surface area (Å²) < 4.78 is 21.1. The van der Waals surface area contributed by atoms with E-state index in [1.54, 1.807) is 19.1 Å². The number of aromatic nitrogens is 4. The van der Waals surface area contributed by atoms with Gasteiger partial charge in [0, 0.05) is 5.56 Å². The fourth-order valence-corrected chi connectivity index (χ4v) is 2.53. The molecule has 0 atom stereocenters. The maximum Gasteiger partial charge on any atom is 0.255 e. The molecule has 4 N–H and O–H groups in total. The fourth-order valence-electron chi connectivity index (χ4n) is 2.53. The second-order valence-electron chi connectivity index (χ2n) is 5.69. The van der Waals surface area contributed by atoms with Crippen molar-refractivity contribution in [2.75, 3.05) is 11.5 Å². The van der Waals surface area contributed by atoms with Crippen LogP contribution in [-0.2, 0) is 0 Å². The Morgan fingerprint density at radius 3 is 2.35 bits per heavy atom. The lowest BCUT2D eigenvalue weighted by molar-refractivity contribution is 0.427. The number of anilines is 2. The lowest BCUT2D eigenvalue weighted by Crippen LogP contribution is -2.10. The Kier molecular flexibility index (Phi) is 3.65. The molecule has 7 nitrogen and oxygen atoms in total. The monoisotopic (exact) mass is 350 g/mol. The van der Waals surface area contributed by atoms with Crippen molar-refractivity contribution in [2.24, 2.45) is 0 Å². The van der Waals surface area contributed by atoms with Crippen LogP contribution in [0.15, 0.2) is 48.5 Å². The molecule has 0 radical (unpaired) electrons. The zero-order valence-corrected chi connectivity index (χ0v) is 13.8.